The Bertz CT molecular complexity index is 832. The average Bonchev–Trinajstić information content (AvgIpc) is 3.12. The molecule has 150 valence electrons. The van der Waals surface area contributed by atoms with Gasteiger partial charge in [-0.05, 0) is 30.2 Å². The van der Waals surface area contributed by atoms with Crippen LogP contribution in [0.25, 0.3) is 11.3 Å². The third kappa shape index (κ3) is 6.86. The van der Waals surface area contributed by atoms with E-state index in [1.807, 2.05) is 13.8 Å². The normalized spacial score (nSPS) is 10.6. The predicted molar refractivity (Wildman–Crippen MR) is 99.8 cm³/mol. The number of aryl methyl sites for hydroxylation is 1. The summed E-state index contributed by atoms with van der Waals surface area (Å²) in [7, 11) is 0. The molecule has 0 saturated heterocycles. The summed E-state index contributed by atoms with van der Waals surface area (Å²) in [5.74, 6) is -0.609. The number of carbonyl (C=O) groups is 3. The Balaban J connectivity index is 1.72. The molecule has 0 aliphatic rings. The molecule has 0 spiro atoms. The minimum Gasteiger partial charge on any atom is -0.461 e. The monoisotopic (exact) mass is 390 g/mol. The van der Waals surface area contributed by atoms with Crippen molar-refractivity contribution in [3.63, 3.8) is 0 Å². The molecule has 0 unspecified atom stereocenters. The van der Waals surface area contributed by atoms with Crippen molar-refractivity contribution in [2.24, 2.45) is 5.92 Å². The van der Waals surface area contributed by atoms with E-state index in [1.54, 1.807) is 30.3 Å². The molecule has 0 saturated carbocycles. The third-order valence-corrected chi connectivity index (χ3v) is 3.66. The molecule has 0 bridgehead atoms. The number of nitrogens with one attached hydrogen (secondary N) is 2. The van der Waals surface area contributed by atoms with Gasteiger partial charge in [0.05, 0.1) is 12.0 Å². The standard InChI is InChI=1S/C20H23FN2O5/c1-13(2)11-22-20(26)23-18(24)12-27-19(25)10-8-14-7-9-17(28-14)15-5-3-4-6-16(15)21/h3-7,9,13H,8,10-12H2,1-2H3,(H2,22,23,24,26). The van der Waals surface area contributed by atoms with E-state index in [1.165, 1.54) is 6.07 Å². The van der Waals surface area contributed by atoms with Crippen LogP contribution in [0.1, 0.15) is 26.0 Å². The molecule has 0 radical (unpaired) electrons. The Morgan fingerprint density at radius 2 is 1.89 bits per heavy atom. The largest absolute Gasteiger partial charge is 0.461 e. The molecule has 8 heteroatoms. The van der Waals surface area contributed by atoms with Gasteiger partial charge in [0.15, 0.2) is 6.61 Å². The summed E-state index contributed by atoms with van der Waals surface area (Å²) in [5.41, 5.74) is 0.337. The van der Waals surface area contributed by atoms with Crippen molar-refractivity contribution >= 4 is 17.9 Å². The van der Waals surface area contributed by atoms with Gasteiger partial charge in [-0.3, -0.25) is 14.9 Å². The number of hydrogen-bond acceptors (Lipinski definition) is 5. The van der Waals surface area contributed by atoms with E-state index in [-0.39, 0.29) is 18.8 Å². The third-order valence-electron chi connectivity index (χ3n) is 3.66. The molecule has 28 heavy (non-hydrogen) atoms. The number of carbonyl (C=O) groups excluding carboxylic acids is 3. The fourth-order valence-corrected chi connectivity index (χ4v) is 2.27. The first-order valence-electron chi connectivity index (χ1n) is 8.92. The highest BCUT2D eigenvalue weighted by Gasteiger charge is 2.13. The summed E-state index contributed by atoms with van der Waals surface area (Å²) in [6.45, 7) is 3.72. The number of amides is 3. The van der Waals surface area contributed by atoms with Gasteiger partial charge in [0.1, 0.15) is 17.3 Å². The lowest BCUT2D eigenvalue weighted by molar-refractivity contribution is -0.148. The molecule has 1 heterocycles. The first kappa shape index (κ1) is 21.1. The molecule has 0 aliphatic carbocycles. The van der Waals surface area contributed by atoms with Crippen molar-refractivity contribution in [2.75, 3.05) is 13.2 Å². The van der Waals surface area contributed by atoms with E-state index >= 15 is 0 Å². The summed E-state index contributed by atoms with van der Waals surface area (Å²) in [6, 6.07) is 8.87. The highest BCUT2D eigenvalue weighted by atomic mass is 19.1. The SMILES string of the molecule is CC(C)CNC(=O)NC(=O)COC(=O)CCc1ccc(-c2ccccc2F)o1. The van der Waals surface area contributed by atoms with Crippen LogP contribution in [0.5, 0.6) is 0 Å². The maximum Gasteiger partial charge on any atom is 0.321 e. The molecule has 1 aromatic carbocycles. The molecule has 0 atom stereocenters. The lowest BCUT2D eigenvalue weighted by Crippen LogP contribution is -2.42. The zero-order chi connectivity index (χ0) is 20.5. The van der Waals surface area contributed by atoms with Crippen molar-refractivity contribution < 1.29 is 27.9 Å². The second-order valence-corrected chi connectivity index (χ2v) is 6.56. The maximum atomic E-state index is 13.8. The van der Waals surface area contributed by atoms with Crippen LogP contribution in [-0.2, 0) is 20.7 Å². The van der Waals surface area contributed by atoms with E-state index in [2.05, 4.69) is 10.6 Å². The molecule has 0 fully saturated rings. The molecule has 2 aromatic rings. The van der Waals surface area contributed by atoms with Crippen LogP contribution >= 0.6 is 0 Å². The molecule has 7 nitrogen and oxygen atoms in total. The van der Waals surface area contributed by atoms with Crippen LogP contribution in [0, 0.1) is 11.7 Å². The Morgan fingerprint density at radius 3 is 2.61 bits per heavy atom. The summed E-state index contributed by atoms with van der Waals surface area (Å²) >= 11 is 0. The number of rotatable bonds is 8. The number of urea groups is 1. The van der Waals surface area contributed by atoms with Crippen LogP contribution in [0.15, 0.2) is 40.8 Å². The number of imide groups is 1. The molecule has 2 rings (SSSR count). The molecular weight excluding hydrogens is 367 g/mol. The molecule has 0 aliphatic heterocycles. The highest BCUT2D eigenvalue weighted by Crippen LogP contribution is 2.25. The van der Waals surface area contributed by atoms with Gasteiger partial charge in [0, 0.05) is 13.0 Å². The molecular formula is C20H23FN2O5. The van der Waals surface area contributed by atoms with Gasteiger partial charge < -0.3 is 14.5 Å². The van der Waals surface area contributed by atoms with E-state index in [9.17, 15) is 18.8 Å². The van der Waals surface area contributed by atoms with Crippen LogP contribution < -0.4 is 10.6 Å². The fraction of sp³-hybridized carbons (Fsp3) is 0.350. The number of halogens is 1. The average molecular weight is 390 g/mol. The van der Waals surface area contributed by atoms with E-state index in [4.69, 9.17) is 9.15 Å². The van der Waals surface area contributed by atoms with Gasteiger partial charge in [0.2, 0.25) is 0 Å². The number of esters is 1. The Hall–Kier alpha value is -3.16. The summed E-state index contributed by atoms with van der Waals surface area (Å²) in [5, 5.41) is 4.59. The van der Waals surface area contributed by atoms with Crippen LogP contribution in [0.2, 0.25) is 0 Å². The molecule has 2 N–H and O–H groups in total. The second-order valence-electron chi connectivity index (χ2n) is 6.56. The quantitative estimate of drug-likeness (QED) is 0.675. The number of furan rings is 1. The van der Waals surface area contributed by atoms with Crippen molar-refractivity contribution in [3.8, 4) is 11.3 Å². The zero-order valence-electron chi connectivity index (χ0n) is 15.8. The van der Waals surface area contributed by atoms with Crippen molar-refractivity contribution in [3.05, 3.63) is 48.0 Å². The van der Waals surface area contributed by atoms with Gasteiger partial charge in [-0.2, -0.15) is 0 Å². The maximum absolute atomic E-state index is 13.8. The van der Waals surface area contributed by atoms with Crippen molar-refractivity contribution in [1.29, 1.82) is 0 Å². The molecule has 3 amide bonds. The molecule has 1 aromatic heterocycles. The van der Waals surface area contributed by atoms with Crippen LogP contribution in [0.3, 0.4) is 0 Å². The van der Waals surface area contributed by atoms with Gasteiger partial charge in [-0.15, -0.1) is 0 Å². The fourth-order valence-electron chi connectivity index (χ4n) is 2.27. The second kappa shape index (κ2) is 10.2. The Kier molecular flexibility index (Phi) is 7.74. The number of ether oxygens (including phenoxy) is 1. The lowest BCUT2D eigenvalue weighted by Gasteiger charge is -2.08. The summed E-state index contributed by atoms with van der Waals surface area (Å²) < 4.78 is 24.1. The first-order chi connectivity index (χ1) is 13.3. The van der Waals surface area contributed by atoms with Gasteiger partial charge in [-0.1, -0.05) is 26.0 Å². The Labute approximate surface area is 162 Å². The highest BCUT2D eigenvalue weighted by molar-refractivity contribution is 5.95. The van der Waals surface area contributed by atoms with Gasteiger partial charge in [-0.25, -0.2) is 9.18 Å². The zero-order valence-corrected chi connectivity index (χ0v) is 15.8. The first-order valence-corrected chi connectivity index (χ1v) is 8.92. The number of hydrogen-bond donors (Lipinski definition) is 2. The Morgan fingerprint density at radius 1 is 1.14 bits per heavy atom. The van der Waals surface area contributed by atoms with E-state index in [0.717, 1.165) is 0 Å². The number of benzene rings is 1. The topological polar surface area (TPSA) is 97.6 Å². The smallest absolute Gasteiger partial charge is 0.321 e. The predicted octanol–water partition coefficient (Wildman–Crippen LogP) is 3.04. The van der Waals surface area contributed by atoms with E-state index in [0.29, 0.717) is 23.6 Å². The van der Waals surface area contributed by atoms with Crippen LogP contribution in [0.4, 0.5) is 9.18 Å². The lowest BCUT2D eigenvalue weighted by atomic mass is 10.1. The van der Waals surface area contributed by atoms with E-state index < -0.39 is 30.3 Å². The summed E-state index contributed by atoms with van der Waals surface area (Å²) in [4.78, 5) is 34.7. The summed E-state index contributed by atoms with van der Waals surface area (Å²) in [6.07, 6.45) is 0.223. The van der Waals surface area contributed by atoms with Crippen molar-refractivity contribution in [1.82, 2.24) is 10.6 Å². The van der Waals surface area contributed by atoms with Gasteiger partial charge >= 0.3 is 12.0 Å². The minimum absolute atomic E-state index is 0.0168. The van der Waals surface area contributed by atoms with Gasteiger partial charge in [0.25, 0.3) is 5.91 Å². The van der Waals surface area contributed by atoms with Crippen LogP contribution in [-0.4, -0.2) is 31.1 Å². The van der Waals surface area contributed by atoms with Crippen molar-refractivity contribution in [2.45, 2.75) is 26.7 Å². The minimum atomic E-state index is -0.713.